The summed E-state index contributed by atoms with van der Waals surface area (Å²) < 4.78 is 5.19. The number of carboxylic acid groups (broad SMARTS) is 2. The van der Waals surface area contributed by atoms with Crippen molar-refractivity contribution in [2.24, 2.45) is 5.92 Å². The lowest BCUT2D eigenvalue weighted by molar-refractivity contribution is -0.140. The molecule has 0 aliphatic carbocycles. The summed E-state index contributed by atoms with van der Waals surface area (Å²) in [6.07, 6.45) is 0.521. The van der Waals surface area contributed by atoms with E-state index >= 15 is 0 Å². The number of rotatable bonds is 9. The summed E-state index contributed by atoms with van der Waals surface area (Å²) in [5, 5.41) is 20.8. The molecule has 116 valence electrons. The molecular formula is C15H21NO5. The summed E-state index contributed by atoms with van der Waals surface area (Å²) in [4.78, 5) is 21.7. The largest absolute Gasteiger partial charge is 0.482 e. The standard InChI is InChI=1S/C15H21NO5/c1-10(2)7-12(15(19)20)16-8-11-5-3-4-6-13(11)21-9-14(17)18/h3-6,10,12,16H,7-9H2,1-2H3,(H,17,18)(H,19,20)/t12-/m0/s1. The first kappa shape index (κ1) is 17.0. The number of benzene rings is 1. The summed E-state index contributed by atoms with van der Waals surface area (Å²) in [6, 6.07) is 6.33. The molecule has 21 heavy (non-hydrogen) atoms. The van der Waals surface area contributed by atoms with Crippen LogP contribution in [-0.2, 0) is 16.1 Å². The van der Waals surface area contributed by atoms with Crippen LogP contribution in [0.3, 0.4) is 0 Å². The molecule has 6 heteroatoms. The lowest BCUT2D eigenvalue weighted by atomic mass is 10.0. The monoisotopic (exact) mass is 295 g/mol. The highest BCUT2D eigenvalue weighted by molar-refractivity contribution is 5.73. The number of carbonyl (C=O) groups is 2. The fourth-order valence-corrected chi connectivity index (χ4v) is 1.91. The zero-order valence-corrected chi connectivity index (χ0v) is 12.2. The first-order valence-corrected chi connectivity index (χ1v) is 6.78. The minimum Gasteiger partial charge on any atom is -0.482 e. The first-order valence-electron chi connectivity index (χ1n) is 6.78. The van der Waals surface area contributed by atoms with Gasteiger partial charge in [-0.3, -0.25) is 4.79 Å². The summed E-state index contributed by atoms with van der Waals surface area (Å²) in [7, 11) is 0. The van der Waals surface area contributed by atoms with Crippen molar-refractivity contribution >= 4 is 11.9 Å². The Labute approximate surface area is 123 Å². The van der Waals surface area contributed by atoms with Crippen LogP contribution in [0.2, 0.25) is 0 Å². The van der Waals surface area contributed by atoms with Crippen molar-refractivity contribution in [1.29, 1.82) is 0 Å². The van der Waals surface area contributed by atoms with Gasteiger partial charge in [0.1, 0.15) is 11.8 Å². The normalized spacial score (nSPS) is 12.1. The summed E-state index contributed by atoms with van der Waals surface area (Å²) in [5.74, 6) is -1.24. The zero-order chi connectivity index (χ0) is 15.8. The van der Waals surface area contributed by atoms with Crippen molar-refractivity contribution in [3.05, 3.63) is 29.8 Å². The molecule has 0 fully saturated rings. The van der Waals surface area contributed by atoms with Gasteiger partial charge in [-0.05, 0) is 18.4 Å². The van der Waals surface area contributed by atoms with E-state index in [1.165, 1.54) is 0 Å². The van der Waals surface area contributed by atoms with Gasteiger partial charge in [-0.1, -0.05) is 32.0 Å². The molecule has 0 bridgehead atoms. The van der Waals surface area contributed by atoms with Crippen LogP contribution in [-0.4, -0.2) is 34.8 Å². The fraction of sp³-hybridized carbons (Fsp3) is 0.467. The molecule has 1 aromatic rings. The molecule has 0 spiro atoms. The Hall–Kier alpha value is -2.08. The maximum Gasteiger partial charge on any atom is 0.341 e. The highest BCUT2D eigenvalue weighted by atomic mass is 16.5. The Kier molecular flexibility index (Phi) is 6.68. The number of carboxylic acids is 2. The minimum absolute atomic E-state index is 0.261. The van der Waals surface area contributed by atoms with E-state index in [0.717, 1.165) is 5.56 Å². The van der Waals surface area contributed by atoms with Gasteiger partial charge >= 0.3 is 11.9 Å². The first-order chi connectivity index (χ1) is 9.90. The summed E-state index contributed by atoms with van der Waals surface area (Å²) in [6.45, 7) is 3.80. The average Bonchev–Trinajstić information content (AvgIpc) is 2.41. The molecule has 0 saturated carbocycles. The molecule has 1 rings (SSSR count). The van der Waals surface area contributed by atoms with Crippen molar-refractivity contribution in [3.8, 4) is 5.75 Å². The van der Waals surface area contributed by atoms with E-state index in [0.29, 0.717) is 18.7 Å². The average molecular weight is 295 g/mol. The number of para-hydroxylation sites is 1. The molecule has 1 atom stereocenters. The number of hydrogen-bond donors (Lipinski definition) is 3. The van der Waals surface area contributed by atoms with E-state index < -0.39 is 24.6 Å². The Morgan fingerprint density at radius 1 is 1.24 bits per heavy atom. The van der Waals surface area contributed by atoms with Gasteiger partial charge in [-0.15, -0.1) is 0 Å². The second-order valence-corrected chi connectivity index (χ2v) is 5.19. The SMILES string of the molecule is CC(C)C[C@H](NCc1ccccc1OCC(=O)O)C(=O)O. The third-order valence-corrected chi connectivity index (χ3v) is 2.87. The van der Waals surface area contributed by atoms with Crippen LogP contribution >= 0.6 is 0 Å². The second kappa shape index (κ2) is 8.26. The van der Waals surface area contributed by atoms with E-state index in [1.54, 1.807) is 24.3 Å². The molecule has 0 unspecified atom stereocenters. The topological polar surface area (TPSA) is 95.9 Å². The van der Waals surface area contributed by atoms with Gasteiger partial charge in [0.2, 0.25) is 0 Å². The molecule has 0 aliphatic heterocycles. The molecule has 0 heterocycles. The van der Waals surface area contributed by atoms with Gasteiger partial charge < -0.3 is 20.3 Å². The van der Waals surface area contributed by atoms with E-state index in [9.17, 15) is 14.7 Å². The van der Waals surface area contributed by atoms with Crippen LogP contribution in [0, 0.1) is 5.92 Å². The van der Waals surface area contributed by atoms with Crippen LogP contribution in [0.4, 0.5) is 0 Å². The third kappa shape index (κ3) is 6.27. The van der Waals surface area contributed by atoms with Crippen molar-refractivity contribution in [2.75, 3.05) is 6.61 Å². The molecule has 3 N–H and O–H groups in total. The van der Waals surface area contributed by atoms with Crippen molar-refractivity contribution in [2.45, 2.75) is 32.9 Å². The van der Waals surface area contributed by atoms with Gasteiger partial charge in [0.25, 0.3) is 0 Å². The number of hydrogen-bond acceptors (Lipinski definition) is 4. The van der Waals surface area contributed by atoms with Crippen LogP contribution in [0.5, 0.6) is 5.75 Å². The molecular weight excluding hydrogens is 274 g/mol. The van der Waals surface area contributed by atoms with E-state index in [4.69, 9.17) is 9.84 Å². The Morgan fingerprint density at radius 2 is 1.90 bits per heavy atom. The maximum absolute atomic E-state index is 11.2. The molecule has 6 nitrogen and oxygen atoms in total. The Balaban J connectivity index is 2.68. The molecule has 0 aliphatic rings. The van der Waals surface area contributed by atoms with Crippen molar-refractivity contribution in [3.63, 3.8) is 0 Å². The van der Waals surface area contributed by atoms with Gasteiger partial charge in [0.05, 0.1) is 0 Å². The highest BCUT2D eigenvalue weighted by Gasteiger charge is 2.18. The highest BCUT2D eigenvalue weighted by Crippen LogP contribution is 2.18. The van der Waals surface area contributed by atoms with E-state index in [2.05, 4.69) is 5.32 Å². The van der Waals surface area contributed by atoms with E-state index in [-0.39, 0.29) is 5.92 Å². The Bertz CT molecular complexity index is 487. The van der Waals surface area contributed by atoms with Gasteiger partial charge in [0.15, 0.2) is 6.61 Å². The van der Waals surface area contributed by atoms with Crippen molar-refractivity contribution < 1.29 is 24.5 Å². The molecule has 0 aromatic heterocycles. The molecule has 0 amide bonds. The fourth-order valence-electron chi connectivity index (χ4n) is 1.91. The zero-order valence-electron chi connectivity index (χ0n) is 12.2. The van der Waals surface area contributed by atoms with Gasteiger partial charge in [0, 0.05) is 12.1 Å². The molecule has 0 radical (unpaired) electrons. The maximum atomic E-state index is 11.2. The van der Waals surface area contributed by atoms with Crippen LogP contribution in [0.25, 0.3) is 0 Å². The lowest BCUT2D eigenvalue weighted by Crippen LogP contribution is -2.37. The number of ether oxygens (including phenoxy) is 1. The third-order valence-electron chi connectivity index (χ3n) is 2.87. The lowest BCUT2D eigenvalue weighted by Gasteiger charge is -2.17. The minimum atomic E-state index is -1.05. The summed E-state index contributed by atoms with van der Waals surface area (Å²) >= 11 is 0. The van der Waals surface area contributed by atoms with Crippen LogP contribution in [0.15, 0.2) is 24.3 Å². The summed E-state index contributed by atoms with van der Waals surface area (Å²) in [5.41, 5.74) is 0.730. The van der Waals surface area contributed by atoms with E-state index in [1.807, 2.05) is 13.8 Å². The molecule has 0 saturated heterocycles. The Morgan fingerprint density at radius 3 is 2.48 bits per heavy atom. The number of nitrogens with one attached hydrogen (secondary N) is 1. The quantitative estimate of drug-likeness (QED) is 0.642. The second-order valence-electron chi connectivity index (χ2n) is 5.19. The number of aliphatic carboxylic acids is 2. The molecule has 1 aromatic carbocycles. The van der Waals surface area contributed by atoms with Gasteiger partial charge in [-0.25, -0.2) is 4.79 Å². The van der Waals surface area contributed by atoms with Crippen molar-refractivity contribution in [1.82, 2.24) is 5.32 Å². The predicted octanol–water partition coefficient (Wildman–Crippen LogP) is 1.74. The predicted molar refractivity (Wildman–Crippen MR) is 77.3 cm³/mol. The van der Waals surface area contributed by atoms with Crippen LogP contribution < -0.4 is 10.1 Å². The smallest absolute Gasteiger partial charge is 0.341 e. The van der Waals surface area contributed by atoms with Crippen LogP contribution in [0.1, 0.15) is 25.8 Å². The van der Waals surface area contributed by atoms with Gasteiger partial charge in [-0.2, -0.15) is 0 Å².